The summed E-state index contributed by atoms with van der Waals surface area (Å²) in [6, 6.07) is 152. The lowest BCUT2D eigenvalue weighted by Gasteiger charge is -2.15. The third-order valence-corrected chi connectivity index (χ3v) is 23.8. The second kappa shape index (κ2) is 30.8. The first-order valence-corrected chi connectivity index (χ1v) is 41.7. The minimum Gasteiger partial charge on any atom is -0.455 e. The lowest BCUT2D eigenvalue weighted by atomic mass is 10.0. The molecule has 0 aliphatic heterocycles. The van der Waals surface area contributed by atoms with Crippen LogP contribution in [0.15, 0.2) is 446 Å². The normalized spacial score (nSPS) is 11.5. The molecule has 0 spiro atoms. The smallest absolute Gasteiger partial charge is 0.166 e. The van der Waals surface area contributed by atoms with E-state index in [4.69, 9.17) is 38.7 Å². The molecule has 0 unspecified atom stereocenters. The summed E-state index contributed by atoms with van der Waals surface area (Å²) in [5.41, 5.74) is 28.5. The molecule has 0 bridgehead atoms. The Balaban J connectivity index is 0.000000143. The molecule has 10 nitrogen and oxygen atoms in total. The van der Waals surface area contributed by atoms with Gasteiger partial charge in [-0.1, -0.05) is 370 Å². The second-order valence-corrected chi connectivity index (χ2v) is 31.1. The van der Waals surface area contributed by atoms with Gasteiger partial charge < -0.3 is 18.0 Å². The lowest BCUT2D eigenvalue weighted by molar-refractivity contribution is 0.670. The molecule has 24 aromatic rings. The van der Waals surface area contributed by atoms with Crippen molar-refractivity contribution in [2.75, 3.05) is 0 Å². The molecule has 124 heavy (non-hydrogen) atoms. The Morgan fingerprint density at radius 3 is 0.823 bits per heavy atom. The van der Waals surface area contributed by atoms with Crippen LogP contribution in [0.4, 0.5) is 0 Å². The molecule has 0 aliphatic rings. The van der Waals surface area contributed by atoms with Gasteiger partial charge >= 0.3 is 0 Å². The van der Waals surface area contributed by atoms with Gasteiger partial charge in [-0.25, -0.2) is 29.9 Å². The van der Waals surface area contributed by atoms with Crippen molar-refractivity contribution in [2.45, 2.75) is 0 Å². The molecule has 6 heterocycles. The molecule has 0 radical (unpaired) electrons. The van der Waals surface area contributed by atoms with E-state index in [2.05, 4.69) is 410 Å². The molecule has 6 aromatic heterocycles. The van der Waals surface area contributed by atoms with Crippen molar-refractivity contribution in [1.29, 1.82) is 0 Å². The van der Waals surface area contributed by atoms with Gasteiger partial charge in [0.15, 0.2) is 34.9 Å². The number of hydrogen-bond donors (Lipinski definition) is 0. The summed E-state index contributed by atoms with van der Waals surface area (Å²) >= 11 is 0. The Hall–Kier alpha value is -16.8. The van der Waals surface area contributed by atoms with Gasteiger partial charge in [-0.3, -0.25) is 0 Å². The van der Waals surface area contributed by atoms with E-state index in [0.29, 0.717) is 34.9 Å². The molecular formula is C114H72N8O2. The molecule has 0 N–H and O–H groups in total. The molecule has 18 aromatic carbocycles. The van der Waals surface area contributed by atoms with Crippen molar-refractivity contribution in [3.05, 3.63) is 437 Å². The van der Waals surface area contributed by atoms with Crippen LogP contribution in [0.25, 0.3) is 234 Å². The van der Waals surface area contributed by atoms with Crippen LogP contribution < -0.4 is 0 Å². The molecule has 24 rings (SSSR count). The van der Waals surface area contributed by atoms with Crippen molar-refractivity contribution < 1.29 is 8.83 Å². The Morgan fingerprint density at radius 2 is 0.435 bits per heavy atom. The van der Waals surface area contributed by atoms with Crippen LogP contribution in [0, 0.1) is 0 Å². The Labute approximate surface area is 713 Å². The SMILES string of the molecule is c1ccc(-c2ccc(-c3nc(-c4ccc(-c5ccccc5)cc4)nc(-c4ccccc4-n4c5ccccc5c5ccc6oc7c(-c8ccccc8)cccc7c6c54)n3)cc2)cc1.c1ccc(-c2ccc(-c3nc(-c4cccc(-c5ccccc5)c4)nc(-c4ccccc4-n4c5ccccc5c5ccc6oc7c(-c8ccccc8)cccc7c6c54)n3)cc2)cc1. The minimum absolute atomic E-state index is 0.583. The van der Waals surface area contributed by atoms with Crippen LogP contribution >= 0.6 is 0 Å². The fourth-order valence-electron chi connectivity index (χ4n) is 17.9. The van der Waals surface area contributed by atoms with Crippen molar-refractivity contribution in [3.63, 3.8) is 0 Å². The Morgan fingerprint density at radius 1 is 0.169 bits per heavy atom. The van der Waals surface area contributed by atoms with Gasteiger partial charge in [0.1, 0.15) is 22.3 Å². The predicted molar refractivity (Wildman–Crippen MR) is 508 cm³/mol. The molecule has 0 fully saturated rings. The molecule has 10 heteroatoms. The van der Waals surface area contributed by atoms with Crippen LogP contribution in [-0.4, -0.2) is 39.0 Å². The molecule has 580 valence electrons. The first kappa shape index (κ1) is 72.4. The zero-order valence-electron chi connectivity index (χ0n) is 67.0. The summed E-state index contributed by atoms with van der Waals surface area (Å²) in [6.45, 7) is 0. The van der Waals surface area contributed by atoms with Gasteiger partial charge in [0.05, 0.1) is 44.2 Å². The predicted octanol–water partition coefficient (Wildman–Crippen LogP) is 29.7. The number of furan rings is 2. The molecular weight excluding hydrogens is 1510 g/mol. The highest BCUT2D eigenvalue weighted by molar-refractivity contribution is 6.27. The summed E-state index contributed by atoms with van der Waals surface area (Å²) in [5.74, 6) is 3.57. The highest BCUT2D eigenvalue weighted by atomic mass is 16.3. The number of nitrogens with zero attached hydrogens (tertiary/aromatic N) is 8. The average molecular weight is 1590 g/mol. The summed E-state index contributed by atoms with van der Waals surface area (Å²) in [6.07, 6.45) is 0. The minimum atomic E-state index is 0.583. The van der Waals surface area contributed by atoms with Crippen molar-refractivity contribution in [2.24, 2.45) is 0 Å². The highest BCUT2D eigenvalue weighted by Gasteiger charge is 2.27. The van der Waals surface area contributed by atoms with E-state index < -0.39 is 0 Å². The maximum Gasteiger partial charge on any atom is 0.166 e. The van der Waals surface area contributed by atoms with Gasteiger partial charge in [-0.2, -0.15) is 0 Å². The van der Waals surface area contributed by atoms with Crippen LogP contribution in [-0.2, 0) is 0 Å². The van der Waals surface area contributed by atoms with E-state index in [9.17, 15) is 0 Å². The fourth-order valence-corrected chi connectivity index (χ4v) is 17.9. The highest BCUT2D eigenvalue weighted by Crippen LogP contribution is 2.48. The zero-order valence-corrected chi connectivity index (χ0v) is 67.0. The van der Waals surface area contributed by atoms with Crippen LogP contribution in [0.2, 0.25) is 0 Å². The van der Waals surface area contributed by atoms with Crippen molar-refractivity contribution in [3.8, 4) is 146 Å². The van der Waals surface area contributed by atoms with E-state index in [1.165, 1.54) is 0 Å². The molecule has 0 saturated carbocycles. The summed E-state index contributed by atoms with van der Waals surface area (Å²) in [5, 5.41) is 8.85. The number of rotatable bonds is 14. The van der Waals surface area contributed by atoms with Gasteiger partial charge in [0, 0.05) is 76.8 Å². The lowest BCUT2D eigenvalue weighted by Crippen LogP contribution is -2.03. The Bertz CT molecular complexity index is 8070. The van der Waals surface area contributed by atoms with Gasteiger partial charge in [0.2, 0.25) is 0 Å². The van der Waals surface area contributed by atoms with Crippen LogP contribution in [0.1, 0.15) is 0 Å². The van der Waals surface area contributed by atoms with E-state index in [0.717, 1.165) is 199 Å². The first-order valence-electron chi connectivity index (χ1n) is 41.7. The zero-order chi connectivity index (χ0) is 82.0. The van der Waals surface area contributed by atoms with E-state index in [1.807, 2.05) is 36.4 Å². The maximum absolute atomic E-state index is 6.81. The molecule has 0 atom stereocenters. The number of hydrogen-bond acceptors (Lipinski definition) is 8. The monoisotopic (exact) mass is 1580 g/mol. The summed E-state index contributed by atoms with van der Waals surface area (Å²) < 4.78 is 18.4. The standard InChI is InChI=1S/2C57H36N4O/c1-4-16-37(17-5-1)39-30-32-41(33-31-39)55-58-56(43-23-14-22-42(36-43)38-18-6-2-7-19-38)60-57(59-55)47-25-11-13-29-50(47)61-49-28-12-10-24-45(49)46-34-35-51-52(53(46)61)48-27-15-26-44(54(48)62-51)40-20-8-3-9-21-40;1-4-15-37(16-5-1)39-27-31-42(32-28-39)55-58-56(43-33-29-40(30-34-43)38-17-6-2-7-18-38)60-57(59-55)47-22-11-13-26-50(47)61-49-25-12-10-21-45(49)46-35-36-51-52(53(46)61)48-24-14-23-44(54(48)62-51)41-19-8-3-9-20-41/h2*1-36H. The van der Waals surface area contributed by atoms with Crippen molar-refractivity contribution >= 4 is 87.5 Å². The third kappa shape index (κ3) is 12.9. The van der Waals surface area contributed by atoms with Gasteiger partial charge in [-0.15, -0.1) is 0 Å². The number of benzene rings is 18. The Kier molecular flexibility index (Phi) is 18.0. The van der Waals surface area contributed by atoms with E-state index in [1.54, 1.807) is 0 Å². The largest absolute Gasteiger partial charge is 0.455 e. The molecule has 0 saturated heterocycles. The number of aromatic nitrogens is 8. The van der Waals surface area contributed by atoms with Crippen LogP contribution in [0.3, 0.4) is 0 Å². The first-order chi connectivity index (χ1) is 61.5. The maximum atomic E-state index is 6.81. The van der Waals surface area contributed by atoms with Crippen LogP contribution in [0.5, 0.6) is 0 Å². The average Bonchev–Trinajstić information content (AvgIpc) is 1.55. The van der Waals surface area contributed by atoms with Crippen molar-refractivity contribution in [1.82, 2.24) is 39.0 Å². The van der Waals surface area contributed by atoms with E-state index in [-0.39, 0.29) is 0 Å². The summed E-state index contributed by atoms with van der Waals surface area (Å²) in [4.78, 5) is 31.6. The molecule has 0 aliphatic carbocycles. The fraction of sp³-hybridized carbons (Fsp3) is 0. The second-order valence-electron chi connectivity index (χ2n) is 31.1. The third-order valence-electron chi connectivity index (χ3n) is 23.8. The summed E-state index contributed by atoms with van der Waals surface area (Å²) in [7, 11) is 0. The van der Waals surface area contributed by atoms with E-state index >= 15 is 0 Å². The quantitative estimate of drug-likeness (QED) is 0.106. The number of para-hydroxylation sites is 6. The van der Waals surface area contributed by atoms with Gasteiger partial charge in [-0.05, 0) is 122 Å². The molecule has 0 amide bonds. The van der Waals surface area contributed by atoms with Gasteiger partial charge in [0.25, 0.3) is 0 Å². The topological polar surface area (TPSA) is 113 Å². The number of fused-ring (bicyclic) bond motifs is 14.